The van der Waals surface area contributed by atoms with Gasteiger partial charge >= 0.3 is 6.01 Å². The van der Waals surface area contributed by atoms with E-state index in [2.05, 4.69) is 15.5 Å². The van der Waals surface area contributed by atoms with Crippen molar-refractivity contribution in [3.63, 3.8) is 0 Å². The largest absolute Gasteiger partial charge is 0.407 e. The van der Waals surface area contributed by atoms with Gasteiger partial charge in [0.15, 0.2) is 0 Å². The molecule has 0 spiro atoms. The summed E-state index contributed by atoms with van der Waals surface area (Å²) in [5.41, 5.74) is 3.01. The number of para-hydroxylation sites is 1. The number of amides is 1. The van der Waals surface area contributed by atoms with Crippen LogP contribution < -0.4 is 9.62 Å². The normalized spacial score (nSPS) is 13.3. The van der Waals surface area contributed by atoms with Crippen molar-refractivity contribution in [2.75, 3.05) is 22.4 Å². The van der Waals surface area contributed by atoms with Crippen LogP contribution >= 0.6 is 11.8 Å². The maximum absolute atomic E-state index is 13.3. The summed E-state index contributed by atoms with van der Waals surface area (Å²) in [6, 6.07) is 21.4. The van der Waals surface area contributed by atoms with E-state index in [4.69, 9.17) is 4.42 Å². The Morgan fingerprint density at radius 1 is 1.03 bits per heavy atom. The van der Waals surface area contributed by atoms with Crippen molar-refractivity contribution < 1.29 is 17.6 Å². The standard InChI is InChI=1S/C26H24N4O4S2/c1-35-21-12-8-18(9-13-21)17-24-28-29-26(34-24)27-25(31)20-10-14-22(15-11-20)36(32,33)30-16-4-6-19-5-2-3-7-23(19)30/h2-3,5,7-15H,4,6,16-17H2,1H3,(H,27,29,31). The van der Waals surface area contributed by atoms with Crippen LogP contribution in [0.5, 0.6) is 0 Å². The molecule has 0 aliphatic carbocycles. The van der Waals surface area contributed by atoms with Gasteiger partial charge in [0, 0.05) is 17.0 Å². The molecule has 0 unspecified atom stereocenters. The number of nitrogens with one attached hydrogen (secondary N) is 1. The van der Waals surface area contributed by atoms with E-state index in [0.29, 0.717) is 24.5 Å². The van der Waals surface area contributed by atoms with E-state index in [1.807, 2.05) is 54.8 Å². The van der Waals surface area contributed by atoms with E-state index < -0.39 is 15.9 Å². The Hall–Kier alpha value is -3.63. The van der Waals surface area contributed by atoms with E-state index >= 15 is 0 Å². The van der Waals surface area contributed by atoms with Crippen LogP contribution in [0.15, 0.2) is 87.0 Å². The zero-order chi connectivity index (χ0) is 25.1. The lowest BCUT2D eigenvalue weighted by Gasteiger charge is -2.30. The summed E-state index contributed by atoms with van der Waals surface area (Å²) < 4.78 is 33.6. The second-order valence-electron chi connectivity index (χ2n) is 8.31. The number of rotatable bonds is 7. The number of sulfonamides is 1. The summed E-state index contributed by atoms with van der Waals surface area (Å²) in [4.78, 5) is 14.0. The van der Waals surface area contributed by atoms with Gasteiger partial charge in [0.05, 0.1) is 17.0 Å². The number of thioether (sulfide) groups is 1. The van der Waals surface area contributed by atoms with E-state index in [1.54, 1.807) is 11.8 Å². The topological polar surface area (TPSA) is 105 Å². The first-order valence-corrected chi connectivity index (χ1v) is 14.1. The maximum atomic E-state index is 13.3. The Balaban J connectivity index is 1.26. The van der Waals surface area contributed by atoms with E-state index in [-0.39, 0.29) is 16.5 Å². The Labute approximate surface area is 213 Å². The lowest BCUT2D eigenvalue weighted by Crippen LogP contribution is -2.35. The number of hydrogen-bond acceptors (Lipinski definition) is 7. The van der Waals surface area contributed by atoms with Gasteiger partial charge in [0.2, 0.25) is 5.89 Å². The highest BCUT2D eigenvalue weighted by Gasteiger charge is 2.29. The predicted molar refractivity (Wildman–Crippen MR) is 139 cm³/mol. The van der Waals surface area contributed by atoms with Crippen LogP contribution in [-0.2, 0) is 22.9 Å². The molecule has 184 valence electrons. The first-order chi connectivity index (χ1) is 17.4. The molecule has 0 atom stereocenters. The summed E-state index contributed by atoms with van der Waals surface area (Å²) in [5, 5.41) is 10.5. The van der Waals surface area contributed by atoms with Crippen molar-refractivity contribution >= 4 is 39.4 Å². The number of aromatic nitrogens is 2. The fraction of sp³-hybridized carbons (Fsp3) is 0.192. The van der Waals surface area contributed by atoms with Crippen molar-refractivity contribution in [3.8, 4) is 0 Å². The molecule has 5 rings (SSSR count). The number of aryl methyl sites for hydroxylation is 1. The van der Waals surface area contributed by atoms with Crippen molar-refractivity contribution in [1.29, 1.82) is 0 Å². The number of nitrogens with zero attached hydrogens (tertiary/aromatic N) is 3. The van der Waals surface area contributed by atoms with Crippen molar-refractivity contribution in [3.05, 3.63) is 95.4 Å². The molecule has 36 heavy (non-hydrogen) atoms. The zero-order valence-corrected chi connectivity index (χ0v) is 21.2. The van der Waals surface area contributed by atoms with Crippen LogP contribution in [-0.4, -0.2) is 37.3 Å². The Morgan fingerprint density at radius 2 is 1.78 bits per heavy atom. The number of carbonyl (C=O) groups is 1. The molecule has 4 aromatic rings. The second-order valence-corrected chi connectivity index (χ2v) is 11.1. The van der Waals surface area contributed by atoms with Crippen LogP contribution in [0.4, 0.5) is 11.7 Å². The molecular weight excluding hydrogens is 496 g/mol. The number of anilines is 2. The van der Waals surface area contributed by atoms with Gasteiger partial charge in [0.25, 0.3) is 15.9 Å². The van der Waals surface area contributed by atoms with Gasteiger partial charge in [-0.15, -0.1) is 16.9 Å². The van der Waals surface area contributed by atoms with E-state index in [1.165, 1.54) is 28.6 Å². The Morgan fingerprint density at radius 3 is 2.53 bits per heavy atom. The van der Waals surface area contributed by atoms with Gasteiger partial charge in [0.1, 0.15) is 0 Å². The van der Waals surface area contributed by atoms with Gasteiger partial charge < -0.3 is 4.42 Å². The molecule has 1 aliphatic rings. The van der Waals surface area contributed by atoms with Crippen LogP contribution in [0.3, 0.4) is 0 Å². The lowest BCUT2D eigenvalue weighted by molar-refractivity contribution is 0.102. The van der Waals surface area contributed by atoms with Crippen molar-refractivity contribution in [1.82, 2.24) is 10.2 Å². The van der Waals surface area contributed by atoms with Gasteiger partial charge in [-0.1, -0.05) is 35.4 Å². The molecule has 8 nitrogen and oxygen atoms in total. The highest BCUT2D eigenvalue weighted by atomic mass is 32.2. The first kappa shape index (κ1) is 24.1. The van der Waals surface area contributed by atoms with Crippen LogP contribution in [0.25, 0.3) is 0 Å². The summed E-state index contributed by atoms with van der Waals surface area (Å²) >= 11 is 1.66. The van der Waals surface area contributed by atoms with Crippen LogP contribution in [0, 0.1) is 0 Å². The molecule has 1 N–H and O–H groups in total. The fourth-order valence-electron chi connectivity index (χ4n) is 4.12. The predicted octanol–water partition coefficient (Wildman–Crippen LogP) is 4.78. The monoisotopic (exact) mass is 520 g/mol. The molecule has 3 aromatic carbocycles. The molecule has 0 radical (unpaired) electrons. The summed E-state index contributed by atoms with van der Waals surface area (Å²) in [6.07, 6.45) is 4.07. The molecule has 1 aliphatic heterocycles. The second kappa shape index (κ2) is 10.2. The third kappa shape index (κ3) is 5.00. The van der Waals surface area contributed by atoms with Gasteiger partial charge in [-0.05, 0) is 72.7 Å². The molecule has 1 aromatic heterocycles. The van der Waals surface area contributed by atoms with Crippen LogP contribution in [0.1, 0.15) is 33.8 Å². The highest BCUT2D eigenvalue weighted by molar-refractivity contribution is 7.98. The molecule has 10 heteroatoms. The number of benzene rings is 3. The SMILES string of the molecule is CSc1ccc(Cc2nnc(NC(=O)c3ccc(S(=O)(=O)N4CCCc5ccccc54)cc3)o2)cc1. The minimum absolute atomic E-state index is 0.0163. The fourth-order valence-corrected chi connectivity index (χ4v) is 6.07. The molecule has 0 saturated carbocycles. The lowest BCUT2D eigenvalue weighted by atomic mass is 10.0. The van der Waals surface area contributed by atoms with Gasteiger partial charge in [-0.2, -0.15) is 0 Å². The minimum Gasteiger partial charge on any atom is -0.407 e. The Bertz CT molecular complexity index is 1480. The molecule has 0 saturated heterocycles. The summed E-state index contributed by atoms with van der Waals surface area (Å²) in [6.45, 7) is 0.419. The molecule has 1 amide bonds. The number of fused-ring (bicyclic) bond motifs is 1. The molecule has 2 heterocycles. The van der Waals surface area contributed by atoms with Gasteiger partial charge in [-0.3, -0.25) is 14.4 Å². The average molecular weight is 521 g/mol. The summed E-state index contributed by atoms with van der Waals surface area (Å²) in [5.74, 6) is -0.0905. The Kier molecular flexibility index (Phi) is 6.80. The van der Waals surface area contributed by atoms with Crippen molar-refractivity contribution in [2.24, 2.45) is 0 Å². The number of hydrogen-bond donors (Lipinski definition) is 1. The van der Waals surface area contributed by atoms with E-state index in [9.17, 15) is 13.2 Å². The smallest absolute Gasteiger partial charge is 0.322 e. The third-order valence-electron chi connectivity index (χ3n) is 5.97. The van der Waals surface area contributed by atoms with E-state index in [0.717, 1.165) is 28.9 Å². The maximum Gasteiger partial charge on any atom is 0.322 e. The summed E-state index contributed by atoms with van der Waals surface area (Å²) in [7, 11) is -3.75. The zero-order valence-electron chi connectivity index (χ0n) is 19.5. The third-order valence-corrected chi connectivity index (χ3v) is 8.54. The molecule has 0 fully saturated rings. The first-order valence-electron chi connectivity index (χ1n) is 11.4. The van der Waals surface area contributed by atoms with Gasteiger partial charge in [-0.25, -0.2) is 8.42 Å². The highest BCUT2D eigenvalue weighted by Crippen LogP contribution is 2.31. The average Bonchev–Trinajstić information content (AvgIpc) is 3.35. The minimum atomic E-state index is -3.75. The number of carbonyl (C=O) groups excluding carboxylic acids is 1. The van der Waals surface area contributed by atoms with Crippen LogP contribution in [0.2, 0.25) is 0 Å². The quantitative estimate of drug-likeness (QED) is 0.350. The molecule has 0 bridgehead atoms. The van der Waals surface area contributed by atoms with Crippen molar-refractivity contribution in [2.45, 2.75) is 29.1 Å². The molecular formula is C26H24N4O4S2.